The zero-order valence-corrected chi connectivity index (χ0v) is 16.2. The van der Waals surface area contributed by atoms with Crippen LogP contribution in [0, 0.1) is 0 Å². The summed E-state index contributed by atoms with van der Waals surface area (Å²) in [5.41, 5.74) is 3.46. The number of carbonyl (C=O) groups is 1. The summed E-state index contributed by atoms with van der Waals surface area (Å²) in [5.74, 6) is -0.104. The van der Waals surface area contributed by atoms with E-state index >= 15 is 0 Å². The van der Waals surface area contributed by atoms with Crippen molar-refractivity contribution < 1.29 is 9.53 Å². The Balaban J connectivity index is 2.02. The monoisotopic (exact) mass is 370 g/mol. The van der Waals surface area contributed by atoms with Crippen LogP contribution in [0.3, 0.4) is 0 Å². The number of hydrogen-bond donors (Lipinski definition) is 1. The molecule has 0 bridgehead atoms. The molecule has 0 aliphatic rings. The molecule has 0 unspecified atom stereocenters. The van der Waals surface area contributed by atoms with Gasteiger partial charge in [0.25, 0.3) is 0 Å². The van der Waals surface area contributed by atoms with Crippen LogP contribution in [0.25, 0.3) is 0 Å². The molecule has 5 heteroatoms. The predicted octanol–water partition coefficient (Wildman–Crippen LogP) is 3.34. The van der Waals surface area contributed by atoms with Crippen LogP contribution in [0.4, 0.5) is 0 Å². The molecule has 138 valence electrons. The lowest BCUT2D eigenvalue weighted by Gasteiger charge is -2.26. The first kappa shape index (κ1) is 20.1. The third-order valence-corrected chi connectivity index (χ3v) is 4.53. The second-order valence-corrected chi connectivity index (χ2v) is 6.44. The van der Waals surface area contributed by atoms with E-state index < -0.39 is 0 Å². The lowest BCUT2D eigenvalue weighted by Crippen LogP contribution is -2.44. The standard InChI is InChI=1S/C21H26N2O2S/c1-3-18-11-7-8-12-19(18)16-23(13-14-25-2)21(26)22-20(24)15-17-9-5-4-6-10-17/h4-12H,3,13-16H2,1-2H3,(H,22,24,26). The fourth-order valence-electron chi connectivity index (χ4n) is 2.74. The highest BCUT2D eigenvalue weighted by Crippen LogP contribution is 2.13. The van der Waals surface area contributed by atoms with Gasteiger partial charge >= 0.3 is 0 Å². The molecule has 1 amide bonds. The number of ether oxygens (including phenoxy) is 1. The van der Waals surface area contributed by atoms with E-state index in [0.29, 0.717) is 31.2 Å². The van der Waals surface area contributed by atoms with E-state index in [1.54, 1.807) is 7.11 Å². The predicted molar refractivity (Wildman–Crippen MR) is 109 cm³/mol. The van der Waals surface area contributed by atoms with Gasteiger partial charge in [0, 0.05) is 20.2 Å². The van der Waals surface area contributed by atoms with Gasteiger partial charge in [0.15, 0.2) is 5.11 Å². The second kappa shape index (κ2) is 10.7. The van der Waals surface area contributed by atoms with Gasteiger partial charge in [-0.25, -0.2) is 0 Å². The number of nitrogens with one attached hydrogen (secondary N) is 1. The summed E-state index contributed by atoms with van der Waals surface area (Å²) in [6.07, 6.45) is 1.27. The van der Waals surface area contributed by atoms with Gasteiger partial charge in [-0.05, 0) is 35.3 Å². The third kappa shape index (κ3) is 6.24. The normalized spacial score (nSPS) is 10.4. The second-order valence-electron chi connectivity index (χ2n) is 6.05. The van der Waals surface area contributed by atoms with Crippen LogP contribution in [0.15, 0.2) is 54.6 Å². The molecule has 1 N–H and O–H groups in total. The average molecular weight is 371 g/mol. The van der Waals surface area contributed by atoms with Crippen LogP contribution in [0.5, 0.6) is 0 Å². The first-order valence-corrected chi connectivity index (χ1v) is 9.23. The minimum absolute atomic E-state index is 0.104. The average Bonchev–Trinajstić information content (AvgIpc) is 2.66. The SMILES string of the molecule is CCc1ccccc1CN(CCOC)C(=S)NC(=O)Cc1ccccc1. The van der Waals surface area contributed by atoms with Gasteiger partial charge in [-0.2, -0.15) is 0 Å². The number of thiocarbonyl (C=S) groups is 1. The molecular weight excluding hydrogens is 344 g/mol. The highest BCUT2D eigenvalue weighted by molar-refractivity contribution is 7.80. The molecule has 0 fully saturated rings. The number of methoxy groups -OCH3 is 1. The summed E-state index contributed by atoms with van der Waals surface area (Å²) in [5, 5.41) is 3.30. The molecule has 2 aromatic carbocycles. The van der Waals surface area contributed by atoms with Gasteiger partial charge in [-0.1, -0.05) is 61.5 Å². The van der Waals surface area contributed by atoms with Gasteiger partial charge in [0.05, 0.1) is 13.0 Å². The van der Waals surface area contributed by atoms with Gasteiger partial charge < -0.3 is 15.0 Å². The Labute approximate surface area is 161 Å². The highest BCUT2D eigenvalue weighted by Gasteiger charge is 2.14. The van der Waals surface area contributed by atoms with E-state index in [0.717, 1.165) is 12.0 Å². The Bertz CT molecular complexity index is 719. The van der Waals surface area contributed by atoms with Crippen LogP contribution in [0.1, 0.15) is 23.6 Å². The molecule has 2 aromatic rings. The van der Waals surface area contributed by atoms with Crippen LogP contribution in [-0.4, -0.2) is 36.2 Å². The lowest BCUT2D eigenvalue weighted by atomic mass is 10.1. The smallest absolute Gasteiger partial charge is 0.230 e. The zero-order chi connectivity index (χ0) is 18.8. The first-order valence-electron chi connectivity index (χ1n) is 8.82. The van der Waals surface area contributed by atoms with Crippen molar-refractivity contribution in [3.8, 4) is 0 Å². The van der Waals surface area contributed by atoms with Crippen molar-refractivity contribution in [2.45, 2.75) is 26.3 Å². The van der Waals surface area contributed by atoms with E-state index in [9.17, 15) is 4.79 Å². The van der Waals surface area contributed by atoms with Gasteiger partial charge in [-0.3, -0.25) is 4.79 Å². The minimum Gasteiger partial charge on any atom is -0.383 e. The lowest BCUT2D eigenvalue weighted by molar-refractivity contribution is -0.119. The van der Waals surface area contributed by atoms with Gasteiger partial charge in [0.1, 0.15) is 0 Å². The van der Waals surface area contributed by atoms with Crippen LogP contribution in [-0.2, 0) is 28.9 Å². The molecule has 0 spiro atoms. The summed E-state index contributed by atoms with van der Waals surface area (Å²) < 4.78 is 5.20. The van der Waals surface area contributed by atoms with Crippen LogP contribution >= 0.6 is 12.2 Å². The van der Waals surface area contributed by atoms with Gasteiger partial charge in [-0.15, -0.1) is 0 Å². The fourth-order valence-corrected chi connectivity index (χ4v) is 3.01. The Hall–Kier alpha value is -2.24. The zero-order valence-electron chi connectivity index (χ0n) is 15.4. The van der Waals surface area contributed by atoms with Crippen molar-refractivity contribution in [2.24, 2.45) is 0 Å². The summed E-state index contributed by atoms with van der Waals surface area (Å²) in [4.78, 5) is 14.3. The first-order chi connectivity index (χ1) is 12.6. The van der Waals surface area contributed by atoms with Crippen molar-refractivity contribution in [2.75, 3.05) is 20.3 Å². The molecule has 0 heterocycles. The van der Waals surface area contributed by atoms with E-state index in [-0.39, 0.29) is 5.91 Å². The maximum Gasteiger partial charge on any atom is 0.230 e. The van der Waals surface area contributed by atoms with Crippen molar-refractivity contribution in [3.05, 3.63) is 71.3 Å². The number of nitrogens with zero attached hydrogens (tertiary/aromatic N) is 1. The van der Waals surface area contributed by atoms with E-state index in [4.69, 9.17) is 17.0 Å². The molecule has 26 heavy (non-hydrogen) atoms. The number of rotatable bonds is 8. The third-order valence-electron chi connectivity index (χ3n) is 4.17. The van der Waals surface area contributed by atoms with Crippen molar-refractivity contribution in [1.29, 1.82) is 0 Å². The topological polar surface area (TPSA) is 41.6 Å². The van der Waals surface area contributed by atoms with Crippen molar-refractivity contribution >= 4 is 23.2 Å². The minimum atomic E-state index is -0.104. The molecule has 0 aromatic heterocycles. The molecule has 0 saturated heterocycles. The molecule has 0 aliphatic carbocycles. The molecule has 2 rings (SSSR count). The maximum absolute atomic E-state index is 12.3. The quantitative estimate of drug-likeness (QED) is 0.724. The molecular formula is C21H26N2O2S. The number of benzene rings is 2. The Kier molecular flexibility index (Phi) is 8.25. The van der Waals surface area contributed by atoms with E-state index in [1.807, 2.05) is 47.4 Å². The highest BCUT2D eigenvalue weighted by atomic mass is 32.1. The largest absolute Gasteiger partial charge is 0.383 e. The van der Waals surface area contributed by atoms with Crippen molar-refractivity contribution in [1.82, 2.24) is 10.2 Å². The van der Waals surface area contributed by atoms with E-state index in [1.165, 1.54) is 11.1 Å². The Morgan fingerprint density at radius 1 is 1.08 bits per heavy atom. The summed E-state index contributed by atoms with van der Waals surface area (Å²) in [7, 11) is 1.66. The summed E-state index contributed by atoms with van der Waals surface area (Å²) in [6.45, 7) is 3.96. The summed E-state index contributed by atoms with van der Waals surface area (Å²) >= 11 is 5.50. The molecule has 0 saturated carbocycles. The Morgan fingerprint density at radius 3 is 2.38 bits per heavy atom. The molecule has 0 radical (unpaired) electrons. The molecule has 0 atom stereocenters. The number of carbonyl (C=O) groups excluding carboxylic acids is 1. The van der Waals surface area contributed by atoms with Crippen LogP contribution in [0.2, 0.25) is 0 Å². The maximum atomic E-state index is 12.3. The number of amides is 1. The summed E-state index contributed by atoms with van der Waals surface area (Å²) in [6, 6.07) is 18.0. The number of aryl methyl sites for hydroxylation is 1. The fraction of sp³-hybridized carbons (Fsp3) is 0.333. The van der Waals surface area contributed by atoms with Crippen LogP contribution < -0.4 is 5.32 Å². The molecule has 4 nitrogen and oxygen atoms in total. The number of hydrogen-bond acceptors (Lipinski definition) is 3. The Morgan fingerprint density at radius 2 is 1.73 bits per heavy atom. The van der Waals surface area contributed by atoms with Gasteiger partial charge in [0.2, 0.25) is 5.91 Å². The molecule has 0 aliphatic heterocycles. The van der Waals surface area contributed by atoms with E-state index in [2.05, 4.69) is 24.4 Å². The van der Waals surface area contributed by atoms with Crippen molar-refractivity contribution in [3.63, 3.8) is 0 Å².